The van der Waals surface area contributed by atoms with Gasteiger partial charge in [0, 0.05) is 22.7 Å². The molecule has 0 radical (unpaired) electrons. The molecule has 0 saturated carbocycles. The lowest BCUT2D eigenvalue weighted by atomic mass is 10.1. The van der Waals surface area contributed by atoms with Crippen LogP contribution in [0, 0.1) is 0 Å². The van der Waals surface area contributed by atoms with E-state index in [1.807, 2.05) is 48.7 Å². The SMILES string of the molecule is Oc1ccc(Br)cc1CC=NCc1ccccc1. The molecule has 92 valence electrons. The lowest BCUT2D eigenvalue weighted by Gasteiger charge is -2.01. The second kappa shape index (κ2) is 6.36. The summed E-state index contributed by atoms with van der Waals surface area (Å²) in [6, 6.07) is 15.5. The number of nitrogens with zero attached hydrogens (tertiary/aromatic N) is 1. The van der Waals surface area contributed by atoms with Gasteiger partial charge >= 0.3 is 0 Å². The molecule has 0 aliphatic heterocycles. The molecule has 0 heterocycles. The molecule has 3 heteroatoms. The predicted molar refractivity (Wildman–Crippen MR) is 78.1 cm³/mol. The Hall–Kier alpha value is -1.61. The van der Waals surface area contributed by atoms with Crippen molar-refractivity contribution >= 4 is 22.1 Å². The maximum Gasteiger partial charge on any atom is 0.119 e. The van der Waals surface area contributed by atoms with E-state index in [1.54, 1.807) is 6.07 Å². The molecule has 1 N–H and O–H groups in total. The van der Waals surface area contributed by atoms with Gasteiger partial charge in [-0.3, -0.25) is 4.99 Å². The van der Waals surface area contributed by atoms with Crippen LogP contribution in [0.4, 0.5) is 0 Å². The van der Waals surface area contributed by atoms with Gasteiger partial charge in [0.1, 0.15) is 5.75 Å². The fraction of sp³-hybridized carbons (Fsp3) is 0.133. The molecule has 2 nitrogen and oxygen atoms in total. The quantitative estimate of drug-likeness (QED) is 0.852. The first kappa shape index (κ1) is 12.8. The average molecular weight is 304 g/mol. The topological polar surface area (TPSA) is 32.6 Å². The van der Waals surface area contributed by atoms with Crippen molar-refractivity contribution in [2.24, 2.45) is 4.99 Å². The van der Waals surface area contributed by atoms with Gasteiger partial charge in [0.2, 0.25) is 0 Å². The van der Waals surface area contributed by atoms with Crippen LogP contribution in [0.2, 0.25) is 0 Å². The van der Waals surface area contributed by atoms with E-state index < -0.39 is 0 Å². The number of phenolic OH excluding ortho intramolecular Hbond substituents is 1. The predicted octanol–water partition coefficient (Wildman–Crippen LogP) is 3.97. The second-order valence-electron chi connectivity index (χ2n) is 3.99. The molecule has 2 aromatic rings. The average Bonchev–Trinajstić information content (AvgIpc) is 2.40. The summed E-state index contributed by atoms with van der Waals surface area (Å²) in [6.07, 6.45) is 2.48. The standard InChI is InChI=1S/C15H14BrNO/c16-14-6-7-15(18)13(10-14)8-9-17-11-12-4-2-1-3-5-12/h1-7,9-10,18H,8,11H2. The molecular weight excluding hydrogens is 290 g/mol. The summed E-state index contributed by atoms with van der Waals surface area (Å²) in [5.41, 5.74) is 2.06. The van der Waals surface area contributed by atoms with Gasteiger partial charge in [-0.1, -0.05) is 46.3 Å². The Morgan fingerprint density at radius 3 is 2.67 bits per heavy atom. The smallest absolute Gasteiger partial charge is 0.119 e. The summed E-state index contributed by atoms with van der Waals surface area (Å²) in [4.78, 5) is 4.36. The Bertz CT molecular complexity index is 537. The number of aliphatic imine (C=N–C) groups is 1. The van der Waals surface area contributed by atoms with Crippen molar-refractivity contribution in [1.29, 1.82) is 0 Å². The van der Waals surface area contributed by atoms with Gasteiger partial charge in [-0.15, -0.1) is 0 Å². The Morgan fingerprint density at radius 1 is 1.11 bits per heavy atom. The minimum atomic E-state index is 0.310. The molecular formula is C15H14BrNO. The number of phenols is 1. The summed E-state index contributed by atoms with van der Waals surface area (Å²) in [6.45, 7) is 0.676. The van der Waals surface area contributed by atoms with E-state index in [0.29, 0.717) is 18.7 Å². The Morgan fingerprint density at radius 2 is 1.89 bits per heavy atom. The Kier molecular flexibility index (Phi) is 4.53. The van der Waals surface area contributed by atoms with E-state index in [9.17, 15) is 5.11 Å². The van der Waals surface area contributed by atoms with E-state index in [4.69, 9.17) is 0 Å². The normalized spacial score (nSPS) is 10.9. The highest BCUT2D eigenvalue weighted by Gasteiger charge is 1.99. The van der Waals surface area contributed by atoms with Crippen LogP contribution in [0.15, 0.2) is 58.0 Å². The van der Waals surface area contributed by atoms with E-state index >= 15 is 0 Å². The fourth-order valence-electron chi connectivity index (χ4n) is 1.63. The van der Waals surface area contributed by atoms with E-state index in [-0.39, 0.29) is 0 Å². The van der Waals surface area contributed by atoms with E-state index in [2.05, 4.69) is 20.9 Å². The van der Waals surface area contributed by atoms with Crippen LogP contribution in [0.3, 0.4) is 0 Å². The molecule has 2 rings (SSSR count). The minimum absolute atomic E-state index is 0.310. The van der Waals surface area contributed by atoms with Gasteiger partial charge in [0.15, 0.2) is 0 Å². The molecule has 0 spiro atoms. The van der Waals surface area contributed by atoms with Crippen LogP contribution in [0.5, 0.6) is 5.75 Å². The first-order valence-electron chi connectivity index (χ1n) is 5.75. The summed E-state index contributed by atoms with van der Waals surface area (Å²) < 4.78 is 0.965. The zero-order valence-electron chi connectivity index (χ0n) is 9.88. The molecule has 0 saturated heterocycles. The minimum Gasteiger partial charge on any atom is -0.508 e. The van der Waals surface area contributed by atoms with Gasteiger partial charge < -0.3 is 5.11 Å². The van der Waals surface area contributed by atoms with Crippen molar-refractivity contribution in [2.45, 2.75) is 13.0 Å². The van der Waals surface area contributed by atoms with Crippen molar-refractivity contribution in [3.05, 3.63) is 64.1 Å². The first-order valence-corrected chi connectivity index (χ1v) is 6.54. The van der Waals surface area contributed by atoms with Crippen LogP contribution in [-0.4, -0.2) is 11.3 Å². The molecule has 0 fully saturated rings. The van der Waals surface area contributed by atoms with Gasteiger partial charge in [-0.05, 0) is 23.8 Å². The lowest BCUT2D eigenvalue weighted by Crippen LogP contribution is -1.89. The second-order valence-corrected chi connectivity index (χ2v) is 4.90. The van der Waals surface area contributed by atoms with Crippen molar-refractivity contribution in [3.8, 4) is 5.75 Å². The molecule has 2 aromatic carbocycles. The summed E-state index contributed by atoms with van der Waals surface area (Å²) in [5.74, 6) is 0.310. The molecule has 0 unspecified atom stereocenters. The zero-order valence-corrected chi connectivity index (χ0v) is 11.5. The third-order valence-electron chi connectivity index (χ3n) is 2.60. The van der Waals surface area contributed by atoms with Crippen molar-refractivity contribution < 1.29 is 5.11 Å². The summed E-state index contributed by atoms with van der Waals surface area (Å²) in [7, 11) is 0. The van der Waals surface area contributed by atoms with E-state index in [1.165, 1.54) is 5.56 Å². The van der Waals surface area contributed by atoms with Gasteiger partial charge in [-0.25, -0.2) is 0 Å². The van der Waals surface area contributed by atoms with Crippen molar-refractivity contribution in [2.75, 3.05) is 0 Å². The highest BCUT2D eigenvalue weighted by molar-refractivity contribution is 9.10. The number of hydrogen-bond acceptors (Lipinski definition) is 2. The third-order valence-corrected chi connectivity index (χ3v) is 3.09. The number of aromatic hydroxyl groups is 1. The maximum absolute atomic E-state index is 9.67. The fourth-order valence-corrected chi connectivity index (χ4v) is 2.04. The Balaban J connectivity index is 1.93. The summed E-state index contributed by atoms with van der Waals surface area (Å²) >= 11 is 3.39. The van der Waals surface area contributed by atoms with Crippen molar-refractivity contribution in [3.63, 3.8) is 0 Å². The summed E-state index contributed by atoms with van der Waals surface area (Å²) in [5, 5.41) is 9.67. The van der Waals surface area contributed by atoms with Crippen LogP contribution in [-0.2, 0) is 13.0 Å². The molecule has 0 amide bonds. The number of rotatable bonds is 4. The lowest BCUT2D eigenvalue weighted by molar-refractivity contribution is 0.470. The number of hydrogen-bond donors (Lipinski definition) is 1. The maximum atomic E-state index is 9.67. The van der Waals surface area contributed by atoms with Crippen LogP contribution in [0.25, 0.3) is 0 Å². The Labute approximate surface area is 115 Å². The molecule has 0 aliphatic carbocycles. The van der Waals surface area contributed by atoms with Crippen molar-refractivity contribution in [1.82, 2.24) is 0 Å². The third kappa shape index (κ3) is 3.70. The largest absolute Gasteiger partial charge is 0.508 e. The zero-order chi connectivity index (χ0) is 12.8. The molecule has 0 bridgehead atoms. The van der Waals surface area contributed by atoms with Gasteiger partial charge in [-0.2, -0.15) is 0 Å². The van der Waals surface area contributed by atoms with E-state index in [0.717, 1.165) is 10.0 Å². The number of halogens is 1. The number of benzene rings is 2. The van der Waals surface area contributed by atoms with Crippen LogP contribution < -0.4 is 0 Å². The molecule has 18 heavy (non-hydrogen) atoms. The van der Waals surface area contributed by atoms with Gasteiger partial charge in [0.05, 0.1) is 6.54 Å². The molecule has 0 atom stereocenters. The van der Waals surface area contributed by atoms with Gasteiger partial charge in [0.25, 0.3) is 0 Å². The van der Waals surface area contributed by atoms with Crippen LogP contribution >= 0.6 is 15.9 Å². The first-order chi connectivity index (χ1) is 8.75. The highest BCUT2D eigenvalue weighted by Crippen LogP contribution is 2.21. The van der Waals surface area contributed by atoms with Crippen LogP contribution in [0.1, 0.15) is 11.1 Å². The molecule has 0 aromatic heterocycles. The monoisotopic (exact) mass is 303 g/mol. The molecule has 0 aliphatic rings. The highest BCUT2D eigenvalue weighted by atomic mass is 79.9.